The van der Waals surface area contributed by atoms with Gasteiger partial charge in [0.1, 0.15) is 34.5 Å². The molecule has 0 aliphatic carbocycles. The van der Waals surface area contributed by atoms with E-state index in [1.807, 2.05) is 132 Å². The fourth-order valence-corrected chi connectivity index (χ4v) is 8.47. The summed E-state index contributed by atoms with van der Waals surface area (Å²) in [6.45, 7) is 32.0. The van der Waals surface area contributed by atoms with Crippen molar-refractivity contribution in [2.75, 3.05) is 0 Å². The Hall–Kier alpha value is -5.88. The second kappa shape index (κ2) is 19.7. The number of phenolic OH excluding ortho intramolecular Hbond substituents is 6. The van der Waals surface area contributed by atoms with Gasteiger partial charge in [-0.1, -0.05) is 100 Å². The lowest BCUT2D eigenvalue weighted by molar-refractivity contribution is 0.457. The van der Waals surface area contributed by atoms with Crippen LogP contribution in [0.3, 0.4) is 0 Å². The molecule has 6 aromatic carbocycles. The van der Waals surface area contributed by atoms with E-state index >= 15 is 0 Å². The van der Waals surface area contributed by atoms with Crippen molar-refractivity contribution in [3.63, 3.8) is 0 Å². The topological polar surface area (TPSA) is 121 Å². The first-order chi connectivity index (χ1) is 29.1. The van der Waals surface area contributed by atoms with Gasteiger partial charge in [-0.25, -0.2) is 0 Å². The summed E-state index contributed by atoms with van der Waals surface area (Å²) in [4.78, 5) is 0. The van der Waals surface area contributed by atoms with Gasteiger partial charge < -0.3 is 30.6 Å². The largest absolute Gasteiger partial charge is 0.507 e. The molecule has 0 fully saturated rings. The molecule has 0 aliphatic rings. The van der Waals surface area contributed by atoms with Crippen LogP contribution in [-0.4, -0.2) is 30.6 Å². The first-order valence-electron chi connectivity index (χ1n) is 21.9. The molecular weight excluding hydrogens is 781 g/mol. The Morgan fingerprint density at radius 3 is 0.762 bits per heavy atom. The van der Waals surface area contributed by atoms with Crippen molar-refractivity contribution in [1.29, 1.82) is 0 Å². The van der Waals surface area contributed by atoms with E-state index in [1.54, 1.807) is 0 Å². The van der Waals surface area contributed by atoms with Crippen molar-refractivity contribution in [3.05, 3.63) is 173 Å². The molecule has 0 spiro atoms. The van der Waals surface area contributed by atoms with Crippen LogP contribution in [0.1, 0.15) is 134 Å². The van der Waals surface area contributed by atoms with Crippen molar-refractivity contribution in [2.45, 2.75) is 141 Å². The van der Waals surface area contributed by atoms with Crippen LogP contribution in [0.15, 0.2) is 72.8 Å². The maximum absolute atomic E-state index is 9.97. The Labute approximate surface area is 377 Å². The Morgan fingerprint density at radius 2 is 0.508 bits per heavy atom. The summed E-state index contributed by atoms with van der Waals surface area (Å²) in [6, 6.07) is 24.6. The van der Waals surface area contributed by atoms with Crippen LogP contribution in [0.5, 0.6) is 34.5 Å². The van der Waals surface area contributed by atoms with Gasteiger partial charge in [0.25, 0.3) is 0 Å². The van der Waals surface area contributed by atoms with Gasteiger partial charge in [0.15, 0.2) is 0 Å². The van der Waals surface area contributed by atoms with Crippen LogP contribution in [0.2, 0.25) is 0 Å². The smallest absolute Gasteiger partial charge is 0.121 e. The molecule has 63 heavy (non-hydrogen) atoms. The molecule has 0 aromatic heterocycles. The Bertz CT molecular complexity index is 2370. The van der Waals surface area contributed by atoms with Crippen LogP contribution < -0.4 is 0 Å². The van der Waals surface area contributed by atoms with Crippen LogP contribution in [0, 0.1) is 83.1 Å². The van der Waals surface area contributed by atoms with E-state index < -0.39 is 0 Å². The van der Waals surface area contributed by atoms with Gasteiger partial charge in [-0.3, -0.25) is 0 Å². The van der Waals surface area contributed by atoms with E-state index in [0.717, 1.165) is 86.0 Å². The highest BCUT2D eigenvalue weighted by Crippen LogP contribution is 2.39. The van der Waals surface area contributed by atoms with E-state index in [9.17, 15) is 30.6 Å². The lowest BCUT2D eigenvalue weighted by Crippen LogP contribution is -2.19. The molecule has 0 bridgehead atoms. The minimum absolute atomic E-state index is 0.0307. The van der Waals surface area contributed by atoms with Gasteiger partial charge in [-0.15, -0.1) is 0 Å². The van der Waals surface area contributed by atoms with Gasteiger partial charge in [-0.2, -0.15) is 0 Å². The van der Waals surface area contributed by atoms with Crippen molar-refractivity contribution >= 4 is 0 Å². The normalized spacial score (nSPS) is 11.4. The number of aromatic hydroxyl groups is 6. The van der Waals surface area contributed by atoms with E-state index in [1.165, 1.54) is 33.4 Å². The molecular formula is C57H72O6. The zero-order valence-electron chi connectivity index (χ0n) is 40.7. The van der Waals surface area contributed by atoms with Crippen molar-refractivity contribution < 1.29 is 30.6 Å². The maximum atomic E-state index is 9.97. The molecule has 0 heterocycles. The molecule has 6 nitrogen and oxygen atoms in total. The first-order valence-corrected chi connectivity index (χ1v) is 21.9. The van der Waals surface area contributed by atoms with Crippen molar-refractivity contribution in [3.8, 4) is 34.5 Å². The van der Waals surface area contributed by atoms with E-state index in [2.05, 4.69) is 52.0 Å². The molecule has 6 heteroatoms. The highest BCUT2D eigenvalue weighted by molar-refractivity contribution is 5.52. The third-order valence-corrected chi connectivity index (χ3v) is 12.8. The van der Waals surface area contributed by atoms with Gasteiger partial charge in [0.2, 0.25) is 0 Å². The lowest BCUT2D eigenvalue weighted by Gasteiger charge is -2.28. The SMILES string of the molecule is Cc1cc(C(C)(C)c2cc(C)c(O)c(C)c2)cc(C)c1O.Cc1cc(CCC(C)(C)c2cc(C)c(O)c(C)c2)cc(C)c1O.Cc1cc(Cc2cc(C)c(O)c(C)c2)cc(C)c1O. The molecule has 0 atom stereocenters. The molecule has 0 unspecified atom stereocenters. The molecule has 0 amide bonds. The zero-order chi connectivity index (χ0) is 47.5. The Kier molecular flexibility index (Phi) is 15.5. The molecule has 0 saturated carbocycles. The van der Waals surface area contributed by atoms with Crippen LogP contribution >= 0.6 is 0 Å². The Morgan fingerprint density at radius 1 is 0.302 bits per heavy atom. The lowest BCUT2D eigenvalue weighted by atomic mass is 9.76. The monoisotopic (exact) mass is 853 g/mol. The summed E-state index contributed by atoms with van der Waals surface area (Å²) in [5.74, 6) is 2.29. The fraction of sp³-hybridized carbons (Fsp3) is 0.368. The van der Waals surface area contributed by atoms with Crippen LogP contribution in [-0.2, 0) is 23.7 Å². The molecule has 0 saturated heterocycles. The number of rotatable bonds is 8. The minimum atomic E-state index is -0.188. The summed E-state index contributed by atoms with van der Waals surface area (Å²) in [5, 5.41) is 59.4. The van der Waals surface area contributed by atoms with Crippen LogP contribution in [0.25, 0.3) is 0 Å². The zero-order valence-corrected chi connectivity index (χ0v) is 40.7. The molecule has 6 rings (SSSR count). The number of aryl methyl sites for hydroxylation is 13. The second-order valence-electron chi connectivity index (χ2n) is 19.3. The predicted molar refractivity (Wildman–Crippen MR) is 262 cm³/mol. The van der Waals surface area contributed by atoms with E-state index in [-0.39, 0.29) is 10.8 Å². The van der Waals surface area contributed by atoms with Gasteiger partial charge >= 0.3 is 0 Å². The third kappa shape index (κ3) is 11.8. The standard InChI is InChI=1S/C21H28O2.C19H24O2.C17H20O2/c1-13-9-17(10-14(2)19(13)22)7-8-21(5,6)18-11-15(3)20(23)16(4)12-18;1-11-7-15(8-12(2)17(11)20)19(5,6)16-9-13(3)18(21)14(4)10-16;1-10-5-14(6-11(2)16(10)18)9-15-7-12(3)17(19)13(4)8-15/h9-12,22-23H,7-8H2,1-6H3;7-10,20-21H,1-6H3;5-8,18-19H,9H2,1-4H3. The minimum Gasteiger partial charge on any atom is -0.507 e. The molecule has 6 N–H and O–H groups in total. The van der Waals surface area contributed by atoms with Crippen LogP contribution in [0.4, 0.5) is 0 Å². The first kappa shape index (κ1) is 49.8. The van der Waals surface area contributed by atoms with Gasteiger partial charge in [0.05, 0.1) is 0 Å². The van der Waals surface area contributed by atoms with Crippen molar-refractivity contribution in [1.82, 2.24) is 0 Å². The van der Waals surface area contributed by atoms with E-state index in [4.69, 9.17) is 0 Å². The number of hydrogen-bond acceptors (Lipinski definition) is 6. The number of phenols is 6. The predicted octanol–water partition coefficient (Wildman–Crippen LogP) is 13.8. The molecule has 336 valence electrons. The van der Waals surface area contributed by atoms with Crippen molar-refractivity contribution in [2.24, 2.45) is 0 Å². The quantitative estimate of drug-likeness (QED) is 0.0907. The summed E-state index contributed by atoms with van der Waals surface area (Å²) in [7, 11) is 0. The van der Waals surface area contributed by atoms with Gasteiger partial charge in [-0.05, 0) is 208 Å². The number of hydrogen-bond donors (Lipinski definition) is 6. The summed E-state index contributed by atoms with van der Waals surface area (Å²) in [5.41, 5.74) is 18.0. The summed E-state index contributed by atoms with van der Waals surface area (Å²) >= 11 is 0. The van der Waals surface area contributed by atoms with E-state index in [0.29, 0.717) is 34.5 Å². The molecule has 0 radical (unpaired) electrons. The average Bonchev–Trinajstić information content (AvgIpc) is 3.20. The molecule has 0 aliphatic heterocycles. The number of benzene rings is 6. The average molecular weight is 853 g/mol. The highest BCUT2D eigenvalue weighted by atomic mass is 16.3. The highest BCUT2D eigenvalue weighted by Gasteiger charge is 2.26. The molecule has 6 aromatic rings. The third-order valence-electron chi connectivity index (χ3n) is 12.8. The summed E-state index contributed by atoms with van der Waals surface area (Å²) < 4.78 is 0. The fourth-order valence-electron chi connectivity index (χ4n) is 8.47. The Balaban J connectivity index is 0.000000208. The maximum Gasteiger partial charge on any atom is 0.121 e. The summed E-state index contributed by atoms with van der Waals surface area (Å²) in [6.07, 6.45) is 2.79. The van der Waals surface area contributed by atoms with Gasteiger partial charge in [0, 0.05) is 5.41 Å². The second-order valence-corrected chi connectivity index (χ2v) is 19.3.